The number of hydrogen-bond donors (Lipinski definition) is 2. The molecule has 6 heteroatoms. The monoisotopic (exact) mass is 294 g/mol. The molecular weight excluding hydrogens is 268 g/mol. The maximum absolute atomic E-state index is 11.7. The Morgan fingerprint density at radius 3 is 2.81 bits per heavy atom. The highest BCUT2D eigenvalue weighted by atomic mass is 16.4. The second kappa shape index (κ2) is 6.56. The summed E-state index contributed by atoms with van der Waals surface area (Å²) in [6.45, 7) is 4.87. The van der Waals surface area contributed by atoms with Gasteiger partial charge in [-0.1, -0.05) is 20.3 Å². The van der Waals surface area contributed by atoms with E-state index in [-0.39, 0.29) is 5.92 Å². The van der Waals surface area contributed by atoms with Crippen molar-refractivity contribution in [1.82, 2.24) is 20.1 Å². The van der Waals surface area contributed by atoms with E-state index in [1.807, 2.05) is 11.6 Å². The molecule has 2 atom stereocenters. The van der Waals surface area contributed by atoms with Gasteiger partial charge in [0.15, 0.2) is 5.82 Å². The Morgan fingerprint density at radius 2 is 2.24 bits per heavy atom. The Bertz CT molecular complexity index is 500. The number of aromatic nitrogens is 3. The first-order valence-corrected chi connectivity index (χ1v) is 7.92. The molecule has 1 saturated carbocycles. The van der Waals surface area contributed by atoms with E-state index >= 15 is 0 Å². The van der Waals surface area contributed by atoms with Gasteiger partial charge in [0, 0.05) is 19.4 Å². The minimum atomic E-state index is -0.763. The second-order valence-electron chi connectivity index (χ2n) is 5.78. The van der Waals surface area contributed by atoms with Crippen LogP contribution >= 0.6 is 0 Å². The minimum Gasteiger partial charge on any atom is -0.480 e. The highest BCUT2D eigenvalue weighted by Crippen LogP contribution is 2.38. The number of likely N-dealkylation sites (N-methyl/N-ethyl adjacent to an activating group) is 1. The van der Waals surface area contributed by atoms with Crippen LogP contribution in [-0.4, -0.2) is 38.4 Å². The van der Waals surface area contributed by atoms with Gasteiger partial charge in [-0.15, -0.1) is 0 Å². The van der Waals surface area contributed by atoms with Crippen LogP contribution in [0.15, 0.2) is 0 Å². The fraction of sp³-hybridized carbons (Fsp3) is 0.800. The van der Waals surface area contributed by atoms with Gasteiger partial charge < -0.3 is 10.4 Å². The minimum absolute atomic E-state index is 0.152. The van der Waals surface area contributed by atoms with Gasteiger partial charge in [0.2, 0.25) is 0 Å². The first-order chi connectivity index (χ1) is 10.1. The summed E-state index contributed by atoms with van der Waals surface area (Å²) in [5.41, 5.74) is -0.763. The van der Waals surface area contributed by atoms with Gasteiger partial charge >= 0.3 is 5.97 Å². The number of aliphatic carboxylic acids is 1. The van der Waals surface area contributed by atoms with Gasteiger partial charge in [-0.05, 0) is 32.2 Å². The van der Waals surface area contributed by atoms with Crippen molar-refractivity contribution in [2.45, 2.75) is 64.5 Å². The number of carbonyl (C=O) groups is 1. The maximum atomic E-state index is 11.7. The third-order valence-corrected chi connectivity index (χ3v) is 4.76. The van der Waals surface area contributed by atoms with Crippen molar-refractivity contribution < 1.29 is 9.90 Å². The molecule has 0 aromatic carbocycles. The van der Waals surface area contributed by atoms with E-state index in [0.29, 0.717) is 6.42 Å². The van der Waals surface area contributed by atoms with Crippen molar-refractivity contribution in [3.63, 3.8) is 0 Å². The topological polar surface area (TPSA) is 80.0 Å². The van der Waals surface area contributed by atoms with Crippen molar-refractivity contribution in [2.24, 2.45) is 5.92 Å². The lowest BCUT2D eigenvalue weighted by Crippen LogP contribution is -2.53. The Morgan fingerprint density at radius 1 is 1.48 bits per heavy atom. The standard InChI is InChI=1S/C15H26N4O2/c1-4-12-17-13(5-2)19(18-12)10-8-11-7-6-9-15(11,16-3)14(20)21/h11,16H,4-10H2,1-3H3,(H,20,21). The van der Waals surface area contributed by atoms with E-state index in [0.717, 1.165) is 50.3 Å². The first kappa shape index (κ1) is 15.9. The Hall–Kier alpha value is -1.43. The van der Waals surface area contributed by atoms with Gasteiger partial charge in [-0.2, -0.15) is 5.10 Å². The lowest BCUT2D eigenvalue weighted by molar-refractivity contribution is -0.146. The van der Waals surface area contributed by atoms with Crippen molar-refractivity contribution >= 4 is 5.97 Å². The van der Waals surface area contributed by atoms with E-state index in [4.69, 9.17) is 0 Å². The molecule has 118 valence electrons. The molecule has 21 heavy (non-hydrogen) atoms. The van der Waals surface area contributed by atoms with E-state index in [1.54, 1.807) is 7.05 Å². The first-order valence-electron chi connectivity index (χ1n) is 7.92. The van der Waals surface area contributed by atoms with E-state index in [2.05, 4.69) is 22.3 Å². The van der Waals surface area contributed by atoms with Crippen molar-refractivity contribution in [3.05, 3.63) is 11.6 Å². The zero-order chi connectivity index (χ0) is 15.5. The van der Waals surface area contributed by atoms with Crippen molar-refractivity contribution in [3.8, 4) is 0 Å². The maximum Gasteiger partial charge on any atom is 0.324 e. The van der Waals surface area contributed by atoms with Gasteiger partial charge in [-0.25, -0.2) is 9.67 Å². The molecule has 2 N–H and O–H groups in total. The van der Waals surface area contributed by atoms with Crippen LogP contribution in [-0.2, 0) is 24.2 Å². The molecule has 0 aliphatic heterocycles. The van der Waals surface area contributed by atoms with E-state index in [9.17, 15) is 9.90 Å². The summed E-state index contributed by atoms with van der Waals surface area (Å²) in [5.74, 6) is 1.29. The number of aryl methyl sites for hydroxylation is 3. The second-order valence-corrected chi connectivity index (χ2v) is 5.78. The normalized spacial score (nSPS) is 25.4. The summed E-state index contributed by atoms with van der Waals surface area (Å²) < 4.78 is 1.96. The molecule has 2 rings (SSSR count). The fourth-order valence-electron chi connectivity index (χ4n) is 3.48. The Labute approximate surface area is 126 Å². The summed E-state index contributed by atoms with van der Waals surface area (Å²) >= 11 is 0. The quantitative estimate of drug-likeness (QED) is 0.799. The summed E-state index contributed by atoms with van der Waals surface area (Å²) in [6.07, 6.45) is 5.15. The molecule has 0 amide bonds. The SMILES string of the molecule is CCc1nc(CC)n(CCC2CCCC2(NC)C(=O)O)n1. The third kappa shape index (κ3) is 2.95. The van der Waals surface area contributed by atoms with E-state index < -0.39 is 11.5 Å². The lowest BCUT2D eigenvalue weighted by Gasteiger charge is -2.31. The number of nitrogens with zero attached hydrogens (tertiary/aromatic N) is 3. The molecule has 1 aliphatic rings. The molecule has 1 aromatic heterocycles. The molecule has 6 nitrogen and oxygen atoms in total. The molecular formula is C15H26N4O2. The lowest BCUT2D eigenvalue weighted by atomic mass is 9.85. The van der Waals surface area contributed by atoms with Crippen molar-refractivity contribution in [2.75, 3.05) is 7.05 Å². The molecule has 1 aromatic rings. The van der Waals surface area contributed by atoms with Gasteiger partial charge in [0.05, 0.1) is 0 Å². The fourth-order valence-corrected chi connectivity index (χ4v) is 3.48. The van der Waals surface area contributed by atoms with E-state index in [1.165, 1.54) is 0 Å². The number of nitrogens with one attached hydrogen (secondary N) is 1. The number of carboxylic acids is 1. The predicted octanol–water partition coefficient (Wildman–Crippen LogP) is 1.64. The molecule has 1 aliphatic carbocycles. The average Bonchev–Trinajstić information content (AvgIpc) is 3.08. The van der Waals surface area contributed by atoms with Crippen LogP contribution in [0, 0.1) is 5.92 Å². The predicted molar refractivity (Wildman–Crippen MR) is 80.2 cm³/mol. The Kier molecular flexibility index (Phi) is 4.98. The van der Waals surface area contributed by atoms with Gasteiger partial charge in [0.25, 0.3) is 0 Å². The number of carboxylic acid groups (broad SMARTS) is 1. The van der Waals surface area contributed by atoms with Crippen LogP contribution in [0.4, 0.5) is 0 Å². The highest BCUT2D eigenvalue weighted by molar-refractivity contribution is 5.79. The van der Waals surface area contributed by atoms with Gasteiger partial charge in [0.1, 0.15) is 11.4 Å². The molecule has 0 radical (unpaired) electrons. The smallest absolute Gasteiger partial charge is 0.324 e. The molecule has 0 bridgehead atoms. The molecule has 0 spiro atoms. The van der Waals surface area contributed by atoms with Crippen LogP contribution in [0.5, 0.6) is 0 Å². The van der Waals surface area contributed by atoms with Crippen molar-refractivity contribution in [1.29, 1.82) is 0 Å². The number of hydrogen-bond acceptors (Lipinski definition) is 4. The third-order valence-electron chi connectivity index (χ3n) is 4.76. The summed E-state index contributed by atoms with van der Waals surface area (Å²) in [7, 11) is 1.76. The average molecular weight is 294 g/mol. The zero-order valence-corrected chi connectivity index (χ0v) is 13.2. The number of rotatable bonds is 7. The van der Waals surface area contributed by atoms with Crippen LogP contribution in [0.2, 0.25) is 0 Å². The summed E-state index contributed by atoms with van der Waals surface area (Å²) in [6, 6.07) is 0. The molecule has 0 saturated heterocycles. The van der Waals surface area contributed by atoms with Gasteiger partial charge in [-0.3, -0.25) is 4.79 Å². The van der Waals surface area contributed by atoms with Crippen LogP contribution in [0.25, 0.3) is 0 Å². The molecule has 2 unspecified atom stereocenters. The highest BCUT2D eigenvalue weighted by Gasteiger charge is 2.47. The van der Waals surface area contributed by atoms with Crippen LogP contribution < -0.4 is 5.32 Å². The summed E-state index contributed by atoms with van der Waals surface area (Å²) in [5, 5.41) is 17.2. The largest absolute Gasteiger partial charge is 0.480 e. The molecule has 1 fully saturated rings. The van der Waals surface area contributed by atoms with Crippen LogP contribution in [0.3, 0.4) is 0 Å². The summed E-state index contributed by atoms with van der Waals surface area (Å²) in [4.78, 5) is 16.2. The van der Waals surface area contributed by atoms with Crippen LogP contribution in [0.1, 0.15) is 51.2 Å². The zero-order valence-electron chi connectivity index (χ0n) is 13.2. The molecule has 1 heterocycles. The Balaban J connectivity index is 2.08.